The molecule has 1 aromatic carbocycles. The lowest BCUT2D eigenvalue weighted by molar-refractivity contribution is -0.385. The molecular formula is C14H22ClN3O4S. The maximum Gasteiger partial charge on any atom is 0.273 e. The molecule has 130 valence electrons. The van der Waals surface area contributed by atoms with Crippen LogP contribution in [0.25, 0.3) is 0 Å². The molecule has 1 aliphatic heterocycles. The van der Waals surface area contributed by atoms with Gasteiger partial charge in [0.05, 0.1) is 9.82 Å². The predicted molar refractivity (Wildman–Crippen MR) is 90.5 cm³/mol. The lowest BCUT2D eigenvalue weighted by Gasteiger charge is -2.31. The van der Waals surface area contributed by atoms with E-state index < -0.39 is 14.9 Å². The normalized spacial score (nSPS) is 16.8. The van der Waals surface area contributed by atoms with Gasteiger partial charge in [0.2, 0.25) is 10.0 Å². The third-order valence-electron chi connectivity index (χ3n) is 4.14. The lowest BCUT2D eigenvalue weighted by atomic mass is 9.98. The molecule has 0 bridgehead atoms. The minimum absolute atomic E-state index is 0. The third kappa shape index (κ3) is 4.20. The van der Waals surface area contributed by atoms with Gasteiger partial charge >= 0.3 is 0 Å². The zero-order valence-corrected chi connectivity index (χ0v) is 14.8. The van der Waals surface area contributed by atoms with Crippen molar-refractivity contribution in [3.05, 3.63) is 33.9 Å². The van der Waals surface area contributed by atoms with Crippen molar-refractivity contribution in [2.24, 2.45) is 5.92 Å². The van der Waals surface area contributed by atoms with Crippen molar-refractivity contribution in [1.29, 1.82) is 0 Å². The molecule has 0 radical (unpaired) electrons. The average Bonchev–Trinajstić information content (AvgIpc) is 2.48. The van der Waals surface area contributed by atoms with E-state index in [0.29, 0.717) is 19.0 Å². The lowest BCUT2D eigenvalue weighted by Crippen LogP contribution is -2.40. The van der Waals surface area contributed by atoms with E-state index in [1.165, 1.54) is 29.4 Å². The van der Waals surface area contributed by atoms with E-state index in [9.17, 15) is 18.5 Å². The first-order valence-corrected chi connectivity index (χ1v) is 8.70. The Morgan fingerprint density at radius 3 is 2.48 bits per heavy atom. The second-order valence-electron chi connectivity index (χ2n) is 5.56. The summed E-state index contributed by atoms with van der Waals surface area (Å²) in [6.45, 7) is 3.27. The summed E-state index contributed by atoms with van der Waals surface area (Å²) in [5.74, 6) is 0.475. The molecule has 2 rings (SSSR count). The van der Waals surface area contributed by atoms with E-state index >= 15 is 0 Å². The number of hydrogen-bond donors (Lipinski definition) is 1. The zero-order valence-electron chi connectivity index (χ0n) is 13.2. The van der Waals surface area contributed by atoms with Crippen LogP contribution in [-0.4, -0.2) is 44.3 Å². The van der Waals surface area contributed by atoms with Crippen LogP contribution < -0.4 is 5.32 Å². The molecule has 0 aromatic heterocycles. The fourth-order valence-corrected chi connectivity index (χ4v) is 4.57. The van der Waals surface area contributed by atoms with Crippen LogP contribution in [0.3, 0.4) is 0 Å². The quantitative estimate of drug-likeness (QED) is 0.637. The van der Waals surface area contributed by atoms with Crippen molar-refractivity contribution < 1.29 is 13.3 Å². The molecule has 1 saturated heterocycles. The molecule has 7 nitrogen and oxygen atoms in total. The number of hydrogen-bond acceptors (Lipinski definition) is 5. The summed E-state index contributed by atoms with van der Waals surface area (Å²) in [5, 5.41) is 14.1. The summed E-state index contributed by atoms with van der Waals surface area (Å²) in [5.41, 5.74) is 0.0380. The molecule has 0 amide bonds. The molecule has 0 aliphatic carbocycles. The van der Waals surface area contributed by atoms with Crippen molar-refractivity contribution in [3.8, 4) is 0 Å². The Labute approximate surface area is 142 Å². The van der Waals surface area contributed by atoms with Gasteiger partial charge in [-0.25, -0.2) is 8.42 Å². The van der Waals surface area contributed by atoms with Crippen LogP contribution in [0.1, 0.15) is 18.4 Å². The Morgan fingerprint density at radius 1 is 1.35 bits per heavy atom. The van der Waals surface area contributed by atoms with Crippen molar-refractivity contribution in [2.75, 3.05) is 26.7 Å². The van der Waals surface area contributed by atoms with E-state index in [-0.39, 0.29) is 28.6 Å². The van der Waals surface area contributed by atoms with E-state index in [1.54, 1.807) is 0 Å². The van der Waals surface area contributed by atoms with Gasteiger partial charge in [0.15, 0.2) is 0 Å². The highest BCUT2D eigenvalue weighted by molar-refractivity contribution is 7.89. The average molecular weight is 364 g/mol. The summed E-state index contributed by atoms with van der Waals surface area (Å²) in [6.07, 6.45) is 1.60. The van der Waals surface area contributed by atoms with Gasteiger partial charge in [-0.05, 0) is 45.3 Å². The second-order valence-corrected chi connectivity index (χ2v) is 7.47. The molecule has 0 unspecified atom stereocenters. The minimum Gasteiger partial charge on any atom is -0.319 e. The number of benzene rings is 1. The SMILES string of the molecule is CNCC1CCN(S(=O)(=O)c2cccc([N+](=O)[O-])c2C)CC1.Cl. The van der Waals surface area contributed by atoms with Gasteiger partial charge in [-0.3, -0.25) is 10.1 Å². The molecule has 1 aliphatic rings. The number of rotatable bonds is 5. The van der Waals surface area contributed by atoms with Crippen molar-refractivity contribution in [1.82, 2.24) is 9.62 Å². The molecule has 0 saturated carbocycles. The Bertz CT molecular complexity index is 658. The minimum atomic E-state index is -3.68. The summed E-state index contributed by atoms with van der Waals surface area (Å²) < 4.78 is 26.9. The number of sulfonamides is 1. The monoisotopic (exact) mass is 363 g/mol. The van der Waals surface area contributed by atoms with Crippen molar-refractivity contribution in [3.63, 3.8) is 0 Å². The van der Waals surface area contributed by atoms with E-state index in [1.807, 2.05) is 7.05 Å². The molecule has 1 N–H and O–H groups in total. The van der Waals surface area contributed by atoms with E-state index in [4.69, 9.17) is 0 Å². The first-order chi connectivity index (χ1) is 10.4. The number of nitrogens with zero attached hydrogens (tertiary/aromatic N) is 2. The topological polar surface area (TPSA) is 92.6 Å². The molecule has 1 fully saturated rings. The first kappa shape index (κ1) is 19.8. The summed E-state index contributed by atoms with van der Waals surface area (Å²) in [7, 11) is -1.79. The molecule has 1 heterocycles. The Hall–Kier alpha value is -1.22. The number of nitro benzene ring substituents is 1. The van der Waals surface area contributed by atoms with Crippen LogP contribution in [-0.2, 0) is 10.0 Å². The molecule has 1 aromatic rings. The number of piperidine rings is 1. The summed E-state index contributed by atoms with van der Waals surface area (Å²) >= 11 is 0. The standard InChI is InChI=1S/C14H21N3O4S.ClH/c1-11-13(17(18)19)4-3-5-14(11)22(20,21)16-8-6-12(7-9-16)10-15-2;/h3-5,12,15H,6-10H2,1-2H3;1H. The number of nitrogens with one attached hydrogen (secondary N) is 1. The Balaban J connectivity index is 0.00000264. The van der Waals surface area contributed by atoms with Crippen LogP contribution >= 0.6 is 12.4 Å². The summed E-state index contributed by atoms with van der Waals surface area (Å²) in [6, 6.07) is 4.19. The van der Waals surface area contributed by atoms with Crippen molar-refractivity contribution >= 4 is 28.1 Å². The highest BCUT2D eigenvalue weighted by Crippen LogP contribution is 2.29. The van der Waals surface area contributed by atoms with E-state index in [0.717, 1.165) is 19.4 Å². The third-order valence-corrected chi connectivity index (χ3v) is 6.18. The largest absolute Gasteiger partial charge is 0.319 e. The molecule has 0 atom stereocenters. The predicted octanol–water partition coefficient (Wildman–Crippen LogP) is 1.95. The van der Waals surface area contributed by atoms with Crippen LogP contribution in [0.5, 0.6) is 0 Å². The Kier molecular flexibility index (Phi) is 6.94. The molecule has 23 heavy (non-hydrogen) atoms. The van der Waals surface area contributed by atoms with Gasteiger partial charge in [0.25, 0.3) is 5.69 Å². The van der Waals surface area contributed by atoms with E-state index in [2.05, 4.69) is 5.32 Å². The van der Waals surface area contributed by atoms with Crippen LogP contribution in [0.15, 0.2) is 23.1 Å². The van der Waals surface area contributed by atoms with Crippen LogP contribution in [0, 0.1) is 23.0 Å². The van der Waals surface area contributed by atoms with Gasteiger partial charge in [0, 0.05) is 24.7 Å². The number of halogens is 1. The maximum atomic E-state index is 12.7. The zero-order chi connectivity index (χ0) is 16.3. The first-order valence-electron chi connectivity index (χ1n) is 7.26. The summed E-state index contributed by atoms with van der Waals surface area (Å²) in [4.78, 5) is 10.5. The number of nitro groups is 1. The fraction of sp³-hybridized carbons (Fsp3) is 0.571. The smallest absolute Gasteiger partial charge is 0.273 e. The molecule has 9 heteroatoms. The molecule has 0 spiro atoms. The van der Waals surface area contributed by atoms with Gasteiger partial charge in [-0.1, -0.05) is 6.07 Å². The van der Waals surface area contributed by atoms with Gasteiger partial charge < -0.3 is 5.32 Å². The second kappa shape index (κ2) is 8.05. The van der Waals surface area contributed by atoms with Gasteiger partial charge in [0.1, 0.15) is 0 Å². The highest BCUT2D eigenvalue weighted by Gasteiger charge is 2.31. The molecular weight excluding hydrogens is 342 g/mol. The highest BCUT2D eigenvalue weighted by atomic mass is 35.5. The maximum absolute atomic E-state index is 12.7. The van der Waals surface area contributed by atoms with Gasteiger partial charge in [-0.2, -0.15) is 4.31 Å². The Morgan fingerprint density at radius 2 is 1.96 bits per heavy atom. The van der Waals surface area contributed by atoms with Gasteiger partial charge in [-0.15, -0.1) is 12.4 Å². The van der Waals surface area contributed by atoms with Crippen molar-refractivity contribution in [2.45, 2.75) is 24.7 Å². The van der Waals surface area contributed by atoms with Crippen LogP contribution in [0.2, 0.25) is 0 Å². The fourth-order valence-electron chi connectivity index (χ4n) is 2.86. The van der Waals surface area contributed by atoms with Crippen LogP contribution in [0.4, 0.5) is 5.69 Å².